The molecule has 0 bridgehead atoms. The first-order chi connectivity index (χ1) is 15.9. The zero-order chi connectivity index (χ0) is 22.6. The van der Waals surface area contributed by atoms with E-state index in [2.05, 4.69) is 0 Å². The number of hydrogen-bond acceptors (Lipinski definition) is 5. The van der Waals surface area contributed by atoms with Crippen molar-refractivity contribution >= 4 is 26.9 Å². The molecule has 33 heavy (non-hydrogen) atoms. The summed E-state index contributed by atoms with van der Waals surface area (Å²) in [7, 11) is -3.60. The summed E-state index contributed by atoms with van der Waals surface area (Å²) in [5, 5.41) is 1.01. The summed E-state index contributed by atoms with van der Waals surface area (Å²) in [6, 6.07) is 17.0. The first kappa shape index (κ1) is 20.9. The van der Waals surface area contributed by atoms with Crippen LogP contribution >= 0.6 is 0 Å². The number of sulfonamides is 1. The Kier molecular flexibility index (Phi) is 4.87. The van der Waals surface area contributed by atoms with Gasteiger partial charge in [-0.1, -0.05) is 18.2 Å². The standard InChI is InChI=1S/C25H26N2O5S/c28-24-16-31-25(17-27(24)20-7-8-20)11-13-26(14-12-25)33(29,30)21-9-5-18(6-10-21)23-15-19-3-1-2-4-22(19)32-23/h1-6,9-10,15,20H,7-8,11-14,16-17H2. The average molecular weight is 467 g/mol. The molecular formula is C25H26N2O5S. The van der Waals surface area contributed by atoms with Crippen LogP contribution in [0, 0.1) is 0 Å². The molecule has 0 N–H and O–H groups in total. The summed E-state index contributed by atoms with van der Waals surface area (Å²) in [4.78, 5) is 14.4. The molecule has 1 spiro atoms. The minimum atomic E-state index is -3.60. The molecule has 0 atom stereocenters. The monoisotopic (exact) mass is 466 g/mol. The SMILES string of the molecule is O=C1COC2(CCN(S(=O)(=O)c3ccc(-c4cc5ccccc5o4)cc3)CC2)CN1C1CC1. The average Bonchev–Trinajstić information content (AvgIpc) is 3.59. The van der Waals surface area contributed by atoms with Crippen molar-refractivity contribution in [1.29, 1.82) is 0 Å². The Morgan fingerprint density at radius 3 is 2.39 bits per heavy atom. The molecule has 0 radical (unpaired) electrons. The third kappa shape index (κ3) is 3.76. The van der Waals surface area contributed by atoms with Crippen molar-refractivity contribution in [3.8, 4) is 11.3 Å². The third-order valence-electron chi connectivity index (χ3n) is 7.10. The van der Waals surface area contributed by atoms with E-state index in [1.807, 2.05) is 35.2 Å². The minimum absolute atomic E-state index is 0.0581. The van der Waals surface area contributed by atoms with Crippen molar-refractivity contribution in [2.75, 3.05) is 26.2 Å². The highest BCUT2D eigenvalue weighted by atomic mass is 32.2. The number of morpholine rings is 1. The zero-order valence-corrected chi connectivity index (χ0v) is 19.1. The van der Waals surface area contributed by atoms with Crippen LogP contribution in [0.25, 0.3) is 22.3 Å². The van der Waals surface area contributed by atoms with E-state index >= 15 is 0 Å². The van der Waals surface area contributed by atoms with E-state index in [1.54, 1.807) is 24.3 Å². The summed E-state index contributed by atoms with van der Waals surface area (Å²) in [6.07, 6.45) is 3.32. The second-order valence-electron chi connectivity index (χ2n) is 9.30. The Morgan fingerprint density at radius 2 is 1.70 bits per heavy atom. The van der Waals surface area contributed by atoms with E-state index in [1.165, 1.54) is 4.31 Å². The lowest BCUT2D eigenvalue weighted by atomic mass is 9.90. The van der Waals surface area contributed by atoms with Crippen molar-refractivity contribution < 1.29 is 22.4 Å². The summed E-state index contributed by atoms with van der Waals surface area (Å²) in [6.45, 7) is 1.46. The largest absolute Gasteiger partial charge is 0.456 e. The smallest absolute Gasteiger partial charge is 0.248 e. The van der Waals surface area contributed by atoms with Crippen LogP contribution in [-0.4, -0.2) is 61.4 Å². The number of furan rings is 1. The van der Waals surface area contributed by atoms with Gasteiger partial charge in [-0.15, -0.1) is 0 Å². The highest BCUT2D eigenvalue weighted by molar-refractivity contribution is 7.89. The molecule has 1 aliphatic carbocycles. The minimum Gasteiger partial charge on any atom is -0.456 e. The maximum absolute atomic E-state index is 13.3. The van der Waals surface area contributed by atoms with Crippen LogP contribution in [0.2, 0.25) is 0 Å². The van der Waals surface area contributed by atoms with Crippen molar-refractivity contribution in [3.63, 3.8) is 0 Å². The first-order valence-electron chi connectivity index (χ1n) is 11.5. The van der Waals surface area contributed by atoms with Gasteiger partial charge in [0.2, 0.25) is 15.9 Å². The lowest BCUT2D eigenvalue weighted by Gasteiger charge is -2.46. The molecule has 2 aromatic carbocycles. The number of amides is 1. The van der Waals surface area contributed by atoms with Gasteiger partial charge in [-0.25, -0.2) is 8.42 Å². The number of benzene rings is 2. The number of carbonyl (C=O) groups excluding carboxylic acids is 1. The van der Waals surface area contributed by atoms with Crippen LogP contribution in [0.15, 0.2) is 63.9 Å². The molecule has 1 amide bonds. The van der Waals surface area contributed by atoms with Crippen molar-refractivity contribution in [3.05, 3.63) is 54.6 Å². The van der Waals surface area contributed by atoms with E-state index in [9.17, 15) is 13.2 Å². The predicted octanol–water partition coefficient (Wildman–Crippen LogP) is 3.64. The van der Waals surface area contributed by atoms with E-state index in [0.717, 1.165) is 29.4 Å². The number of ether oxygens (including phenoxy) is 1. The molecule has 2 aliphatic heterocycles. The fourth-order valence-corrected chi connectivity index (χ4v) is 6.40. The van der Waals surface area contributed by atoms with Crippen LogP contribution in [-0.2, 0) is 19.6 Å². The second kappa shape index (κ2) is 7.68. The Balaban J connectivity index is 1.16. The lowest BCUT2D eigenvalue weighted by molar-refractivity contribution is -0.170. The van der Waals surface area contributed by atoms with Gasteiger partial charge in [-0.3, -0.25) is 4.79 Å². The van der Waals surface area contributed by atoms with Gasteiger partial charge in [0.25, 0.3) is 0 Å². The molecule has 1 aromatic heterocycles. The fraction of sp³-hybridized carbons (Fsp3) is 0.400. The highest BCUT2D eigenvalue weighted by Crippen LogP contribution is 2.37. The van der Waals surface area contributed by atoms with Gasteiger partial charge < -0.3 is 14.1 Å². The van der Waals surface area contributed by atoms with Crippen LogP contribution in [0.3, 0.4) is 0 Å². The Morgan fingerprint density at radius 1 is 0.970 bits per heavy atom. The molecule has 3 aliphatic rings. The molecule has 3 fully saturated rings. The summed E-state index contributed by atoms with van der Waals surface area (Å²) >= 11 is 0. The molecule has 0 unspecified atom stereocenters. The Hall–Kier alpha value is -2.68. The number of fused-ring (bicyclic) bond motifs is 1. The van der Waals surface area contributed by atoms with Gasteiger partial charge >= 0.3 is 0 Å². The van der Waals surface area contributed by atoms with Gasteiger partial charge in [0.15, 0.2) is 0 Å². The molecule has 6 rings (SSSR count). The summed E-state index contributed by atoms with van der Waals surface area (Å²) in [5.74, 6) is 0.770. The zero-order valence-electron chi connectivity index (χ0n) is 18.3. The highest BCUT2D eigenvalue weighted by Gasteiger charge is 2.47. The number of piperidine rings is 1. The fourth-order valence-electron chi connectivity index (χ4n) is 4.96. The molecule has 3 aromatic rings. The summed E-state index contributed by atoms with van der Waals surface area (Å²) < 4.78 is 40.0. The van der Waals surface area contributed by atoms with E-state index < -0.39 is 15.6 Å². The van der Waals surface area contributed by atoms with Crippen molar-refractivity contribution in [1.82, 2.24) is 9.21 Å². The maximum atomic E-state index is 13.3. The number of para-hydroxylation sites is 1. The molecular weight excluding hydrogens is 440 g/mol. The quantitative estimate of drug-likeness (QED) is 0.587. The van der Waals surface area contributed by atoms with Gasteiger partial charge in [-0.2, -0.15) is 4.31 Å². The Labute approximate surface area is 193 Å². The Bertz CT molecular complexity index is 1270. The molecule has 7 nitrogen and oxygen atoms in total. The number of hydrogen-bond donors (Lipinski definition) is 0. The molecule has 1 saturated carbocycles. The van der Waals surface area contributed by atoms with Gasteiger partial charge in [-0.05, 0) is 62.1 Å². The van der Waals surface area contributed by atoms with Crippen LogP contribution in [0.1, 0.15) is 25.7 Å². The van der Waals surface area contributed by atoms with E-state index in [-0.39, 0.29) is 17.4 Å². The molecule has 8 heteroatoms. The molecule has 3 heterocycles. The second-order valence-corrected chi connectivity index (χ2v) is 11.2. The first-order valence-corrected chi connectivity index (χ1v) is 12.9. The topological polar surface area (TPSA) is 80.1 Å². The number of nitrogens with zero attached hydrogens (tertiary/aromatic N) is 2. The van der Waals surface area contributed by atoms with Gasteiger partial charge in [0, 0.05) is 30.1 Å². The number of rotatable bonds is 4. The number of carbonyl (C=O) groups is 1. The lowest BCUT2D eigenvalue weighted by Crippen LogP contribution is -2.59. The van der Waals surface area contributed by atoms with Crippen LogP contribution < -0.4 is 0 Å². The molecule has 172 valence electrons. The normalized spacial score (nSPS) is 21.7. The van der Waals surface area contributed by atoms with Crippen molar-refractivity contribution in [2.24, 2.45) is 0 Å². The van der Waals surface area contributed by atoms with E-state index in [4.69, 9.17) is 9.15 Å². The van der Waals surface area contributed by atoms with Gasteiger partial charge in [0.1, 0.15) is 18.0 Å². The van der Waals surface area contributed by atoms with Crippen molar-refractivity contribution in [2.45, 2.75) is 42.2 Å². The van der Waals surface area contributed by atoms with Gasteiger partial charge in [0.05, 0.1) is 17.0 Å². The maximum Gasteiger partial charge on any atom is 0.248 e. The predicted molar refractivity (Wildman–Crippen MR) is 123 cm³/mol. The van der Waals surface area contributed by atoms with Crippen LogP contribution in [0.5, 0.6) is 0 Å². The summed E-state index contributed by atoms with van der Waals surface area (Å²) in [5.41, 5.74) is 1.22. The van der Waals surface area contributed by atoms with Crippen LogP contribution in [0.4, 0.5) is 0 Å². The van der Waals surface area contributed by atoms with E-state index in [0.29, 0.717) is 44.3 Å². The third-order valence-corrected chi connectivity index (χ3v) is 9.02. The molecule has 2 saturated heterocycles.